The van der Waals surface area contributed by atoms with Gasteiger partial charge in [0.25, 0.3) is 5.56 Å². The minimum atomic E-state index is -0.379. The molecule has 0 aliphatic rings. The predicted molar refractivity (Wildman–Crippen MR) is 134 cm³/mol. The van der Waals surface area contributed by atoms with E-state index in [0.29, 0.717) is 28.4 Å². The number of hydrogen-bond donors (Lipinski definition) is 1. The maximum Gasteiger partial charge on any atom is 0.264 e. The van der Waals surface area contributed by atoms with E-state index in [-0.39, 0.29) is 18.0 Å². The first-order valence-electron chi connectivity index (χ1n) is 11.0. The second-order valence-electron chi connectivity index (χ2n) is 8.33. The minimum Gasteiger partial charge on any atom is -0.309 e. The van der Waals surface area contributed by atoms with Gasteiger partial charge in [0.1, 0.15) is 24.1 Å². The molecule has 1 N–H and O–H groups in total. The molecule has 0 aliphatic heterocycles. The van der Waals surface area contributed by atoms with Crippen LogP contribution < -0.4 is 10.9 Å². The number of hydrogen-bond acceptors (Lipinski definition) is 5. The summed E-state index contributed by atoms with van der Waals surface area (Å²) in [4.78, 5) is 30.2. The fourth-order valence-corrected chi connectivity index (χ4v) is 4.21. The average molecular weight is 488 g/mol. The molecule has 5 aromatic rings. The fourth-order valence-electron chi connectivity index (χ4n) is 4.01. The van der Waals surface area contributed by atoms with Gasteiger partial charge in [0.2, 0.25) is 5.91 Å². The molecule has 3 heterocycles. The molecule has 1 amide bonds. The number of rotatable bonds is 6. The van der Waals surface area contributed by atoms with Crippen LogP contribution in [0.2, 0.25) is 5.02 Å². The molecule has 0 aliphatic carbocycles. The topological polar surface area (TPSA) is 99.6 Å². The molecule has 176 valence electrons. The zero-order valence-corrected chi connectivity index (χ0v) is 19.9. The Balaban J connectivity index is 1.36. The number of nitrogens with zero attached hydrogens (tertiary/aromatic N) is 6. The maximum absolute atomic E-state index is 13.0. The summed E-state index contributed by atoms with van der Waals surface area (Å²) in [7, 11) is 0. The van der Waals surface area contributed by atoms with Gasteiger partial charge in [-0.25, -0.2) is 14.3 Å². The highest BCUT2D eigenvalue weighted by Gasteiger charge is 2.15. The first-order chi connectivity index (χ1) is 16.9. The third-order valence-corrected chi connectivity index (χ3v) is 5.95. The van der Waals surface area contributed by atoms with Crippen LogP contribution in [0.25, 0.3) is 16.7 Å². The van der Waals surface area contributed by atoms with Crippen molar-refractivity contribution in [1.29, 1.82) is 0 Å². The average Bonchev–Trinajstić information content (AvgIpc) is 3.44. The van der Waals surface area contributed by atoms with E-state index in [1.165, 1.54) is 17.1 Å². The van der Waals surface area contributed by atoms with Crippen LogP contribution in [0.15, 0.2) is 72.0 Å². The van der Waals surface area contributed by atoms with E-state index in [4.69, 9.17) is 11.6 Å². The number of carbonyl (C=O) groups is 1. The zero-order valence-electron chi connectivity index (χ0n) is 19.1. The minimum absolute atomic E-state index is 0.201. The van der Waals surface area contributed by atoms with E-state index in [9.17, 15) is 9.59 Å². The van der Waals surface area contributed by atoms with Gasteiger partial charge in [-0.15, -0.1) is 0 Å². The number of carbonyl (C=O) groups excluding carboxylic acids is 1. The molecule has 0 radical (unpaired) electrons. The maximum atomic E-state index is 13.0. The lowest BCUT2D eigenvalue weighted by Gasteiger charge is -2.11. The Morgan fingerprint density at radius 1 is 1.06 bits per heavy atom. The monoisotopic (exact) mass is 487 g/mol. The largest absolute Gasteiger partial charge is 0.309 e. The van der Waals surface area contributed by atoms with E-state index in [1.54, 1.807) is 27.7 Å². The summed E-state index contributed by atoms with van der Waals surface area (Å²) in [5, 5.41) is 12.4. The lowest BCUT2D eigenvalue weighted by Crippen LogP contribution is -2.28. The number of anilines is 1. The molecule has 0 atom stereocenters. The summed E-state index contributed by atoms with van der Waals surface area (Å²) in [6.07, 6.45) is 4.44. The molecule has 0 saturated carbocycles. The van der Waals surface area contributed by atoms with Crippen LogP contribution in [-0.2, 0) is 17.9 Å². The van der Waals surface area contributed by atoms with E-state index in [0.717, 1.165) is 22.4 Å². The van der Waals surface area contributed by atoms with E-state index in [1.807, 2.05) is 44.2 Å². The van der Waals surface area contributed by atoms with Crippen LogP contribution in [0, 0.1) is 13.8 Å². The molecule has 0 spiro atoms. The SMILES string of the molecule is Cc1cc(C)cc(-n2ncc3c(=O)n(CC(=O)Nc4ccnn4Cc4ccccc4Cl)cnc32)c1. The number of benzene rings is 2. The second kappa shape index (κ2) is 9.19. The van der Waals surface area contributed by atoms with Crippen molar-refractivity contribution in [2.75, 3.05) is 5.32 Å². The number of aromatic nitrogens is 6. The molecule has 3 aromatic heterocycles. The van der Waals surface area contributed by atoms with Crippen molar-refractivity contribution in [3.05, 3.63) is 99.3 Å². The Hall–Kier alpha value is -4.24. The Labute approximate surface area is 205 Å². The number of fused-ring (bicyclic) bond motifs is 1. The van der Waals surface area contributed by atoms with E-state index < -0.39 is 0 Å². The first-order valence-corrected chi connectivity index (χ1v) is 11.3. The molecule has 10 heteroatoms. The Kier molecular flexibility index (Phi) is 5.92. The van der Waals surface area contributed by atoms with Crippen molar-refractivity contribution in [3.63, 3.8) is 0 Å². The summed E-state index contributed by atoms with van der Waals surface area (Å²) >= 11 is 6.25. The van der Waals surface area contributed by atoms with Gasteiger partial charge in [-0.2, -0.15) is 10.2 Å². The molecular weight excluding hydrogens is 466 g/mol. The van der Waals surface area contributed by atoms with Gasteiger partial charge < -0.3 is 5.32 Å². The number of aryl methyl sites for hydroxylation is 2. The van der Waals surface area contributed by atoms with Gasteiger partial charge in [-0.3, -0.25) is 14.2 Å². The van der Waals surface area contributed by atoms with Gasteiger partial charge in [-0.05, 0) is 48.7 Å². The molecular formula is C25H22ClN7O2. The normalized spacial score (nSPS) is 11.2. The highest BCUT2D eigenvalue weighted by Crippen LogP contribution is 2.19. The summed E-state index contributed by atoms with van der Waals surface area (Å²) in [6, 6.07) is 15.1. The van der Waals surface area contributed by atoms with Gasteiger partial charge in [0, 0.05) is 11.1 Å². The third-order valence-electron chi connectivity index (χ3n) is 5.58. The summed E-state index contributed by atoms with van der Waals surface area (Å²) < 4.78 is 4.53. The van der Waals surface area contributed by atoms with Crippen molar-refractivity contribution in [3.8, 4) is 5.69 Å². The van der Waals surface area contributed by atoms with Crippen molar-refractivity contribution in [2.45, 2.75) is 26.9 Å². The Morgan fingerprint density at radius 3 is 2.60 bits per heavy atom. The lowest BCUT2D eigenvalue weighted by atomic mass is 10.1. The van der Waals surface area contributed by atoms with Crippen LogP contribution in [0.4, 0.5) is 5.82 Å². The van der Waals surface area contributed by atoms with Gasteiger partial charge in [0.05, 0.1) is 24.6 Å². The standard InChI is InChI=1S/C25H22ClN7O2/c1-16-9-17(2)11-19(10-16)33-24-20(12-29-33)25(35)31(15-27-24)14-23(34)30-22-7-8-28-32(22)13-18-5-3-4-6-21(18)26/h3-12,15H,13-14H2,1-2H3,(H,30,34). The highest BCUT2D eigenvalue weighted by atomic mass is 35.5. The van der Waals surface area contributed by atoms with E-state index >= 15 is 0 Å². The summed E-state index contributed by atoms with van der Waals surface area (Å²) in [5.74, 6) is 0.121. The van der Waals surface area contributed by atoms with Crippen LogP contribution in [0.1, 0.15) is 16.7 Å². The number of amides is 1. The van der Waals surface area contributed by atoms with Crippen molar-refractivity contribution >= 4 is 34.4 Å². The molecule has 0 saturated heterocycles. The molecule has 5 rings (SSSR count). The summed E-state index contributed by atoms with van der Waals surface area (Å²) in [5.41, 5.74) is 3.97. The molecule has 9 nitrogen and oxygen atoms in total. The molecule has 0 bridgehead atoms. The quantitative estimate of drug-likeness (QED) is 0.393. The van der Waals surface area contributed by atoms with Crippen LogP contribution >= 0.6 is 11.6 Å². The van der Waals surface area contributed by atoms with Crippen molar-refractivity contribution in [1.82, 2.24) is 29.1 Å². The fraction of sp³-hybridized carbons (Fsp3) is 0.160. The van der Waals surface area contributed by atoms with E-state index in [2.05, 4.69) is 26.6 Å². The Bertz CT molecular complexity index is 1600. The Morgan fingerprint density at radius 2 is 1.83 bits per heavy atom. The zero-order chi connectivity index (χ0) is 24.5. The molecule has 35 heavy (non-hydrogen) atoms. The third kappa shape index (κ3) is 4.58. The van der Waals surface area contributed by atoms with Crippen LogP contribution in [0.5, 0.6) is 0 Å². The van der Waals surface area contributed by atoms with Crippen molar-refractivity contribution < 1.29 is 4.79 Å². The van der Waals surface area contributed by atoms with Crippen molar-refractivity contribution in [2.24, 2.45) is 0 Å². The highest BCUT2D eigenvalue weighted by molar-refractivity contribution is 6.31. The number of nitrogens with one attached hydrogen (secondary N) is 1. The second-order valence-corrected chi connectivity index (χ2v) is 8.74. The van der Waals surface area contributed by atoms with Gasteiger partial charge >= 0.3 is 0 Å². The van der Waals surface area contributed by atoms with Gasteiger partial charge in [-0.1, -0.05) is 35.9 Å². The van der Waals surface area contributed by atoms with Crippen LogP contribution in [0.3, 0.4) is 0 Å². The number of halogens is 1. The molecule has 0 unspecified atom stereocenters. The molecule has 0 fully saturated rings. The van der Waals surface area contributed by atoms with Crippen LogP contribution in [-0.4, -0.2) is 35.0 Å². The predicted octanol–water partition coefficient (Wildman–Crippen LogP) is 3.74. The van der Waals surface area contributed by atoms with Gasteiger partial charge in [0.15, 0.2) is 5.65 Å². The summed E-state index contributed by atoms with van der Waals surface area (Å²) in [6.45, 7) is 4.20. The lowest BCUT2D eigenvalue weighted by molar-refractivity contribution is -0.116. The first kappa shape index (κ1) is 22.5. The smallest absolute Gasteiger partial charge is 0.264 e. The molecule has 2 aromatic carbocycles.